The van der Waals surface area contributed by atoms with Gasteiger partial charge in [-0.05, 0) is 36.7 Å². The fourth-order valence-electron chi connectivity index (χ4n) is 3.99. The Morgan fingerprint density at radius 2 is 2.13 bits per heavy atom. The molecule has 2 fully saturated rings. The molecule has 2 atom stereocenters. The van der Waals surface area contributed by atoms with Crippen LogP contribution in [0, 0.1) is 26.9 Å². The van der Waals surface area contributed by atoms with Crippen molar-refractivity contribution in [3.63, 3.8) is 0 Å². The van der Waals surface area contributed by atoms with Gasteiger partial charge in [0.05, 0.1) is 11.1 Å². The maximum Gasteiger partial charge on any atom is 0.288 e. The maximum absolute atomic E-state index is 10.9. The summed E-state index contributed by atoms with van der Waals surface area (Å²) in [5, 5.41) is 19.7. The molecule has 23 heavy (non-hydrogen) atoms. The van der Waals surface area contributed by atoms with Crippen molar-refractivity contribution in [2.45, 2.75) is 40.0 Å². The van der Waals surface area contributed by atoms with Crippen LogP contribution in [0.4, 0.5) is 5.69 Å². The number of benzene rings is 1. The zero-order chi connectivity index (χ0) is 16.8. The molecule has 0 aromatic heterocycles. The Morgan fingerprint density at radius 1 is 1.39 bits per heavy atom. The predicted octanol–water partition coefficient (Wildman–Crippen LogP) is 4.87. The number of hydrogen-bond acceptors (Lipinski definition) is 4. The van der Waals surface area contributed by atoms with Gasteiger partial charge in [0.2, 0.25) is 0 Å². The van der Waals surface area contributed by atoms with E-state index in [9.17, 15) is 10.1 Å². The van der Waals surface area contributed by atoms with E-state index in [1.165, 1.54) is 18.6 Å². The molecule has 122 valence electrons. The van der Waals surface area contributed by atoms with Crippen LogP contribution in [-0.4, -0.2) is 16.8 Å². The highest BCUT2D eigenvalue weighted by atomic mass is 35.5. The number of hydrogen-bond donors (Lipinski definition) is 0. The van der Waals surface area contributed by atoms with Crippen LogP contribution in [0.1, 0.15) is 45.6 Å². The van der Waals surface area contributed by atoms with Crippen molar-refractivity contribution >= 4 is 29.2 Å². The second kappa shape index (κ2) is 5.41. The first-order valence-electron chi connectivity index (χ1n) is 7.80. The van der Waals surface area contributed by atoms with Gasteiger partial charge in [0.25, 0.3) is 5.69 Å². The van der Waals surface area contributed by atoms with E-state index in [4.69, 9.17) is 11.6 Å². The third-order valence-corrected chi connectivity index (χ3v) is 6.38. The fraction of sp³-hybridized carbons (Fsp3) is 0.529. The Hall–Kier alpha value is -1.75. The van der Waals surface area contributed by atoms with Crippen LogP contribution in [0.2, 0.25) is 5.02 Å². The first kappa shape index (κ1) is 16.1. The average molecular weight is 334 g/mol. The lowest BCUT2D eigenvalue weighted by Gasteiger charge is -2.34. The highest BCUT2D eigenvalue weighted by Gasteiger charge is 2.59. The Labute approximate surface area is 140 Å². The van der Waals surface area contributed by atoms with Crippen molar-refractivity contribution in [1.29, 1.82) is 0 Å². The molecule has 0 aliphatic heterocycles. The average Bonchev–Trinajstić information content (AvgIpc) is 2.82. The number of nitrogens with zero attached hydrogens (tertiary/aromatic N) is 3. The molecular formula is C17H20ClN3O2. The minimum atomic E-state index is -0.495. The minimum absolute atomic E-state index is 0.112. The molecule has 0 heterocycles. The Bertz CT molecular complexity index is 727. The normalized spacial score (nSPS) is 30.4. The molecule has 5 nitrogen and oxygen atoms in total. The van der Waals surface area contributed by atoms with Gasteiger partial charge in [0.15, 0.2) is 0 Å². The molecule has 2 saturated carbocycles. The quantitative estimate of drug-likeness (QED) is 0.450. The van der Waals surface area contributed by atoms with Crippen molar-refractivity contribution in [1.82, 2.24) is 0 Å². The molecule has 2 bridgehead atoms. The number of fused-ring (bicyclic) bond motifs is 2. The van der Waals surface area contributed by atoms with Crippen LogP contribution in [0.3, 0.4) is 0 Å². The molecule has 3 rings (SSSR count). The summed E-state index contributed by atoms with van der Waals surface area (Å²) in [5.74, 6) is 0.679. The van der Waals surface area contributed by atoms with Gasteiger partial charge in [-0.15, -0.1) is 0 Å². The topological polar surface area (TPSA) is 67.9 Å². The van der Waals surface area contributed by atoms with Gasteiger partial charge in [0.1, 0.15) is 5.02 Å². The van der Waals surface area contributed by atoms with E-state index in [0.717, 1.165) is 18.6 Å². The largest absolute Gasteiger partial charge is 0.288 e. The van der Waals surface area contributed by atoms with Crippen molar-refractivity contribution in [3.05, 3.63) is 38.9 Å². The summed E-state index contributed by atoms with van der Waals surface area (Å²) in [6, 6.07) is 4.63. The van der Waals surface area contributed by atoms with Crippen LogP contribution in [0.5, 0.6) is 0 Å². The van der Waals surface area contributed by atoms with Gasteiger partial charge in [0, 0.05) is 22.8 Å². The lowest BCUT2D eigenvalue weighted by atomic mass is 9.70. The summed E-state index contributed by atoms with van der Waals surface area (Å²) in [7, 11) is 0. The Balaban J connectivity index is 1.83. The first-order valence-corrected chi connectivity index (χ1v) is 8.18. The standard InChI is InChI=1S/C17H20ClN3O2/c1-16(2)12-6-7-17(16,3)15(9-12)20-19-10-11-4-5-13(18)14(8-11)21(22)23/h4-5,8,10,12H,6-7,9H2,1-3H3/b19-10-,20-15+/t12-,17-/m1/s1. The van der Waals surface area contributed by atoms with Gasteiger partial charge in [-0.3, -0.25) is 10.1 Å². The van der Waals surface area contributed by atoms with E-state index in [1.807, 2.05) is 0 Å². The molecule has 0 saturated heterocycles. The van der Waals surface area contributed by atoms with E-state index >= 15 is 0 Å². The van der Waals surface area contributed by atoms with Crippen LogP contribution in [0.25, 0.3) is 0 Å². The summed E-state index contributed by atoms with van der Waals surface area (Å²) in [5.41, 5.74) is 2.04. The van der Waals surface area contributed by atoms with Gasteiger partial charge >= 0.3 is 0 Å². The van der Waals surface area contributed by atoms with Crippen molar-refractivity contribution < 1.29 is 4.92 Å². The lowest BCUT2D eigenvalue weighted by molar-refractivity contribution is -0.384. The van der Waals surface area contributed by atoms with Gasteiger partial charge in [-0.2, -0.15) is 10.2 Å². The summed E-state index contributed by atoms with van der Waals surface area (Å²) < 4.78 is 0. The Morgan fingerprint density at radius 3 is 2.70 bits per heavy atom. The molecule has 1 aromatic carbocycles. The third kappa shape index (κ3) is 2.47. The lowest BCUT2D eigenvalue weighted by Crippen LogP contribution is -2.32. The second-order valence-electron chi connectivity index (χ2n) is 7.25. The van der Waals surface area contributed by atoms with Crippen LogP contribution in [-0.2, 0) is 0 Å². The molecule has 0 amide bonds. The highest BCUT2D eigenvalue weighted by molar-refractivity contribution is 6.32. The number of halogens is 1. The number of rotatable bonds is 3. The SMILES string of the molecule is CC1(C)[C@@H]2CC[C@]1(C)/C(=N/N=C\c1ccc(Cl)c([N+](=O)[O-])c1)C2. The van der Waals surface area contributed by atoms with E-state index in [-0.39, 0.29) is 21.5 Å². The fourth-order valence-corrected chi connectivity index (χ4v) is 4.18. The maximum atomic E-state index is 10.9. The molecule has 2 aliphatic carbocycles. The zero-order valence-corrected chi connectivity index (χ0v) is 14.3. The van der Waals surface area contributed by atoms with E-state index < -0.39 is 4.92 Å². The Kier molecular flexibility index (Phi) is 3.79. The zero-order valence-electron chi connectivity index (χ0n) is 13.5. The van der Waals surface area contributed by atoms with Crippen LogP contribution >= 0.6 is 11.6 Å². The molecule has 0 spiro atoms. The third-order valence-electron chi connectivity index (χ3n) is 6.06. The predicted molar refractivity (Wildman–Crippen MR) is 92.4 cm³/mol. The molecular weight excluding hydrogens is 314 g/mol. The van der Waals surface area contributed by atoms with Crippen molar-refractivity contribution in [2.75, 3.05) is 0 Å². The van der Waals surface area contributed by atoms with Crippen LogP contribution < -0.4 is 0 Å². The molecule has 0 radical (unpaired) electrons. The van der Waals surface area contributed by atoms with Crippen LogP contribution in [0.15, 0.2) is 28.4 Å². The summed E-state index contributed by atoms with van der Waals surface area (Å²) in [6.07, 6.45) is 4.97. The van der Waals surface area contributed by atoms with Gasteiger partial charge in [-0.1, -0.05) is 38.4 Å². The van der Waals surface area contributed by atoms with Crippen molar-refractivity contribution in [3.8, 4) is 0 Å². The summed E-state index contributed by atoms with van der Waals surface area (Å²) in [4.78, 5) is 10.4. The molecule has 0 N–H and O–H groups in total. The second-order valence-corrected chi connectivity index (χ2v) is 7.66. The summed E-state index contributed by atoms with van der Waals surface area (Å²) >= 11 is 5.81. The first-order chi connectivity index (χ1) is 10.8. The monoisotopic (exact) mass is 333 g/mol. The van der Waals surface area contributed by atoms with Gasteiger partial charge in [-0.25, -0.2) is 0 Å². The van der Waals surface area contributed by atoms with Crippen molar-refractivity contribution in [2.24, 2.45) is 27.0 Å². The molecule has 6 heteroatoms. The molecule has 0 unspecified atom stereocenters. The van der Waals surface area contributed by atoms with E-state index in [2.05, 4.69) is 31.0 Å². The van der Waals surface area contributed by atoms with E-state index in [1.54, 1.807) is 12.3 Å². The smallest absolute Gasteiger partial charge is 0.258 e. The summed E-state index contributed by atoms with van der Waals surface area (Å²) in [6.45, 7) is 6.92. The molecule has 1 aromatic rings. The van der Waals surface area contributed by atoms with Gasteiger partial charge < -0.3 is 0 Å². The number of nitro benzene ring substituents is 1. The number of nitro groups is 1. The minimum Gasteiger partial charge on any atom is -0.258 e. The highest BCUT2D eigenvalue weighted by Crippen LogP contribution is 2.63. The van der Waals surface area contributed by atoms with E-state index in [0.29, 0.717) is 11.5 Å². The molecule has 2 aliphatic rings.